The molecule has 18 heavy (non-hydrogen) atoms. The topological polar surface area (TPSA) is 42.7 Å². The van der Waals surface area contributed by atoms with Crippen molar-refractivity contribution in [1.29, 1.82) is 0 Å². The Morgan fingerprint density at radius 3 is 3.00 bits per heavy atom. The van der Waals surface area contributed by atoms with Crippen LogP contribution in [-0.4, -0.2) is 21.3 Å². The van der Waals surface area contributed by atoms with Crippen LogP contribution in [0.4, 0.5) is 0 Å². The van der Waals surface area contributed by atoms with E-state index in [-0.39, 0.29) is 0 Å². The summed E-state index contributed by atoms with van der Waals surface area (Å²) in [6, 6.07) is 6.29. The second-order valence-electron chi connectivity index (χ2n) is 4.54. The van der Waals surface area contributed by atoms with Gasteiger partial charge in [0.15, 0.2) is 0 Å². The Morgan fingerprint density at radius 1 is 1.44 bits per heavy atom. The molecule has 1 aliphatic heterocycles. The van der Waals surface area contributed by atoms with E-state index >= 15 is 0 Å². The number of pyridine rings is 1. The molecule has 0 amide bonds. The molecule has 2 aromatic rings. The Morgan fingerprint density at radius 2 is 2.33 bits per heavy atom. The van der Waals surface area contributed by atoms with Gasteiger partial charge in [-0.1, -0.05) is 6.07 Å². The SMILES string of the molecule is Cn1nc(C2CCCN2)c(Br)c1-c1ccccn1. The van der Waals surface area contributed by atoms with Crippen LogP contribution in [0.5, 0.6) is 0 Å². The molecule has 1 unspecified atom stereocenters. The van der Waals surface area contributed by atoms with Gasteiger partial charge in [-0.3, -0.25) is 9.67 Å². The zero-order valence-corrected chi connectivity index (χ0v) is 11.8. The summed E-state index contributed by atoms with van der Waals surface area (Å²) in [6.07, 6.45) is 4.17. The number of aromatic nitrogens is 3. The van der Waals surface area contributed by atoms with Crippen molar-refractivity contribution in [2.45, 2.75) is 18.9 Å². The van der Waals surface area contributed by atoms with E-state index in [2.05, 4.69) is 31.3 Å². The second-order valence-corrected chi connectivity index (χ2v) is 5.33. The lowest BCUT2D eigenvalue weighted by Gasteiger charge is -2.06. The van der Waals surface area contributed by atoms with Crippen molar-refractivity contribution in [3.05, 3.63) is 34.6 Å². The molecule has 4 nitrogen and oxygen atoms in total. The summed E-state index contributed by atoms with van der Waals surface area (Å²) in [5.74, 6) is 0. The monoisotopic (exact) mass is 306 g/mol. The van der Waals surface area contributed by atoms with Crippen LogP contribution in [-0.2, 0) is 7.05 Å². The smallest absolute Gasteiger partial charge is 0.101 e. The standard InChI is InChI=1S/C13H15BrN4/c1-18-13(10-5-2-3-7-16-10)11(14)12(17-18)9-6-4-8-15-9/h2-3,5,7,9,15H,4,6,8H2,1H3. The van der Waals surface area contributed by atoms with Crippen molar-refractivity contribution in [3.8, 4) is 11.4 Å². The predicted octanol–water partition coefficient (Wildman–Crippen LogP) is 2.67. The third-order valence-electron chi connectivity index (χ3n) is 3.31. The third kappa shape index (κ3) is 1.97. The summed E-state index contributed by atoms with van der Waals surface area (Å²) >= 11 is 3.69. The largest absolute Gasteiger partial charge is 0.309 e. The normalized spacial score (nSPS) is 19.3. The Balaban J connectivity index is 2.06. The number of halogens is 1. The van der Waals surface area contributed by atoms with Crippen LogP contribution < -0.4 is 5.32 Å². The Labute approximate surface area is 115 Å². The van der Waals surface area contributed by atoms with Gasteiger partial charge in [0.05, 0.1) is 21.9 Å². The van der Waals surface area contributed by atoms with Crippen molar-refractivity contribution in [1.82, 2.24) is 20.1 Å². The molecule has 0 aliphatic carbocycles. The van der Waals surface area contributed by atoms with Gasteiger partial charge < -0.3 is 5.32 Å². The molecule has 0 aromatic carbocycles. The van der Waals surface area contributed by atoms with E-state index < -0.39 is 0 Å². The second kappa shape index (κ2) is 4.82. The van der Waals surface area contributed by atoms with Crippen LogP contribution in [0.3, 0.4) is 0 Å². The summed E-state index contributed by atoms with van der Waals surface area (Å²) < 4.78 is 2.96. The van der Waals surface area contributed by atoms with Crippen LogP contribution in [0.1, 0.15) is 24.6 Å². The zero-order valence-electron chi connectivity index (χ0n) is 10.2. The zero-order chi connectivity index (χ0) is 12.5. The minimum Gasteiger partial charge on any atom is -0.309 e. The fraction of sp³-hybridized carbons (Fsp3) is 0.385. The average molecular weight is 307 g/mol. The van der Waals surface area contributed by atoms with E-state index in [1.807, 2.05) is 36.1 Å². The van der Waals surface area contributed by atoms with E-state index in [9.17, 15) is 0 Å². The molecular formula is C13H15BrN4. The van der Waals surface area contributed by atoms with Gasteiger partial charge >= 0.3 is 0 Å². The quantitative estimate of drug-likeness (QED) is 0.927. The molecule has 1 aliphatic rings. The number of aryl methyl sites for hydroxylation is 1. The molecular weight excluding hydrogens is 292 g/mol. The lowest BCUT2D eigenvalue weighted by Crippen LogP contribution is -2.14. The number of hydrogen-bond acceptors (Lipinski definition) is 3. The number of nitrogens with one attached hydrogen (secondary N) is 1. The first-order chi connectivity index (χ1) is 8.77. The van der Waals surface area contributed by atoms with Gasteiger partial charge in [-0.15, -0.1) is 0 Å². The molecule has 3 rings (SSSR count). The highest BCUT2D eigenvalue weighted by atomic mass is 79.9. The van der Waals surface area contributed by atoms with Gasteiger partial charge in [0.25, 0.3) is 0 Å². The minimum atomic E-state index is 0.364. The molecule has 1 atom stereocenters. The summed E-state index contributed by atoms with van der Waals surface area (Å²) in [5.41, 5.74) is 3.08. The first-order valence-electron chi connectivity index (χ1n) is 6.14. The summed E-state index contributed by atoms with van der Waals surface area (Å²) in [5, 5.41) is 8.12. The maximum absolute atomic E-state index is 4.64. The van der Waals surface area contributed by atoms with Gasteiger partial charge in [-0.2, -0.15) is 5.10 Å². The number of rotatable bonds is 2. The van der Waals surface area contributed by atoms with E-state index in [0.717, 1.165) is 34.5 Å². The molecule has 94 valence electrons. The Kier molecular flexibility index (Phi) is 3.18. The van der Waals surface area contributed by atoms with Crippen LogP contribution >= 0.6 is 15.9 Å². The summed E-state index contributed by atoms with van der Waals surface area (Å²) in [6.45, 7) is 1.08. The van der Waals surface area contributed by atoms with Gasteiger partial charge in [-0.25, -0.2) is 0 Å². The lowest BCUT2D eigenvalue weighted by molar-refractivity contribution is 0.605. The molecule has 1 fully saturated rings. The van der Waals surface area contributed by atoms with Crippen molar-refractivity contribution >= 4 is 15.9 Å². The van der Waals surface area contributed by atoms with Crippen LogP contribution in [0.2, 0.25) is 0 Å². The molecule has 0 bridgehead atoms. The van der Waals surface area contributed by atoms with Crippen LogP contribution in [0.25, 0.3) is 11.4 Å². The minimum absolute atomic E-state index is 0.364. The molecule has 3 heterocycles. The van der Waals surface area contributed by atoms with Gasteiger partial charge in [-0.05, 0) is 47.4 Å². The first kappa shape index (κ1) is 11.9. The lowest BCUT2D eigenvalue weighted by atomic mass is 10.1. The maximum atomic E-state index is 4.64. The summed E-state index contributed by atoms with van der Waals surface area (Å²) in [7, 11) is 1.97. The Hall–Kier alpha value is -1.20. The van der Waals surface area contributed by atoms with Crippen molar-refractivity contribution in [2.24, 2.45) is 7.05 Å². The van der Waals surface area contributed by atoms with Gasteiger partial charge in [0, 0.05) is 13.2 Å². The predicted molar refractivity (Wildman–Crippen MR) is 74.1 cm³/mol. The van der Waals surface area contributed by atoms with Crippen LogP contribution in [0, 0.1) is 0 Å². The van der Waals surface area contributed by atoms with Crippen LogP contribution in [0.15, 0.2) is 28.9 Å². The molecule has 5 heteroatoms. The number of hydrogen-bond donors (Lipinski definition) is 1. The molecule has 1 N–H and O–H groups in total. The van der Waals surface area contributed by atoms with Gasteiger partial charge in [0.1, 0.15) is 5.69 Å². The molecule has 1 saturated heterocycles. The van der Waals surface area contributed by atoms with Gasteiger partial charge in [0.2, 0.25) is 0 Å². The fourth-order valence-corrected chi connectivity index (χ4v) is 3.26. The fourth-order valence-electron chi connectivity index (χ4n) is 2.44. The highest BCUT2D eigenvalue weighted by Crippen LogP contribution is 2.35. The number of nitrogens with zero attached hydrogens (tertiary/aromatic N) is 3. The van der Waals surface area contributed by atoms with E-state index in [1.165, 1.54) is 6.42 Å². The van der Waals surface area contributed by atoms with Crippen molar-refractivity contribution in [3.63, 3.8) is 0 Å². The van der Waals surface area contributed by atoms with E-state index in [1.54, 1.807) is 0 Å². The van der Waals surface area contributed by atoms with Crippen molar-refractivity contribution < 1.29 is 0 Å². The molecule has 0 spiro atoms. The average Bonchev–Trinajstić information content (AvgIpc) is 2.99. The molecule has 0 radical (unpaired) electrons. The summed E-state index contributed by atoms with van der Waals surface area (Å²) in [4.78, 5) is 4.40. The molecule has 0 saturated carbocycles. The van der Waals surface area contributed by atoms with Crippen molar-refractivity contribution in [2.75, 3.05) is 6.54 Å². The Bertz CT molecular complexity index is 544. The highest BCUT2D eigenvalue weighted by Gasteiger charge is 2.25. The molecule has 2 aromatic heterocycles. The van der Waals surface area contributed by atoms with E-state index in [0.29, 0.717) is 6.04 Å². The maximum Gasteiger partial charge on any atom is 0.101 e. The third-order valence-corrected chi connectivity index (χ3v) is 4.09. The first-order valence-corrected chi connectivity index (χ1v) is 6.94. The van der Waals surface area contributed by atoms with E-state index in [4.69, 9.17) is 0 Å². The highest BCUT2D eigenvalue weighted by molar-refractivity contribution is 9.10.